The predicted octanol–water partition coefficient (Wildman–Crippen LogP) is 3.84. The molecule has 2 aromatic rings. The molecule has 0 saturated carbocycles. The van der Waals surface area contributed by atoms with E-state index in [2.05, 4.69) is 0 Å². The van der Waals surface area contributed by atoms with Gasteiger partial charge in [-0.1, -0.05) is 23.7 Å². The van der Waals surface area contributed by atoms with Gasteiger partial charge in [-0.25, -0.2) is 0 Å². The predicted molar refractivity (Wildman–Crippen MR) is 75.4 cm³/mol. The fourth-order valence-electron chi connectivity index (χ4n) is 1.64. The maximum Gasteiger partial charge on any atom is 0.271 e. The highest BCUT2D eigenvalue weighted by molar-refractivity contribution is 6.32. The lowest BCUT2D eigenvalue weighted by Crippen LogP contribution is -1.97. The van der Waals surface area contributed by atoms with Crippen molar-refractivity contribution in [3.63, 3.8) is 0 Å². The van der Waals surface area contributed by atoms with Gasteiger partial charge in [0.1, 0.15) is 18.1 Å². The molecule has 0 aliphatic carbocycles. The van der Waals surface area contributed by atoms with Crippen LogP contribution in [0.25, 0.3) is 0 Å². The molecule has 0 bridgehead atoms. The Balaban J connectivity index is 2.08. The second-order valence-corrected chi connectivity index (χ2v) is 4.42. The summed E-state index contributed by atoms with van der Waals surface area (Å²) >= 11 is 5.94. The SMILES string of the molecule is COc1cccc(COc2ccc([N+](=O)[O-])cc2Cl)c1. The Morgan fingerprint density at radius 3 is 2.70 bits per heavy atom. The van der Waals surface area contributed by atoms with E-state index >= 15 is 0 Å². The summed E-state index contributed by atoms with van der Waals surface area (Å²) in [5.41, 5.74) is 0.850. The third-order valence-corrected chi connectivity index (χ3v) is 2.95. The Morgan fingerprint density at radius 2 is 2.05 bits per heavy atom. The molecule has 2 aromatic carbocycles. The first-order valence-corrected chi connectivity index (χ1v) is 6.17. The third kappa shape index (κ3) is 3.39. The normalized spacial score (nSPS) is 10.1. The minimum Gasteiger partial charge on any atom is -0.497 e. The molecule has 0 spiro atoms. The van der Waals surface area contributed by atoms with E-state index in [0.717, 1.165) is 11.3 Å². The molecule has 0 aromatic heterocycles. The van der Waals surface area contributed by atoms with Crippen molar-refractivity contribution in [2.75, 3.05) is 7.11 Å². The van der Waals surface area contributed by atoms with E-state index < -0.39 is 4.92 Å². The van der Waals surface area contributed by atoms with Crippen molar-refractivity contribution in [2.45, 2.75) is 6.61 Å². The Hall–Kier alpha value is -2.27. The second-order valence-electron chi connectivity index (χ2n) is 4.01. The third-order valence-electron chi connectivity index (χ3n) is 2.65. The standard InChI is InChI=1S/C14H12ClNO4/c1-19-12-4-2-3-10(7-12)9-20-14-6-5-11(16(17)18)8-13(14)15/h2-8H,9H2,1H3. The van der Waals surface area contributed by atoms with Gasteiger partial charge in [0, 0.05) is 12.1 Å². The maximum atomic E-state index is 10.6. The zero-order valence-electron chi connectivity index (χ0n) is 10.7. The number of rotatable bonds is 5. The van der Waals surface area contributed by atoms with Gasteiger partial charge in [-0.3, -0.25) is 10.1 Å². The highest BCUT2D eigenvalue weighted by atomic mass is 35.5. The molecule has 20 heavy (non-hydrogen) atoms. The topological polar surface area (TPSA) is 61.6 Å². The van der Waals surface area contributed by atoms with Crippen LogP contribution >= 0.6 is 11.6 Å². The van der Waals surface area contributed by atoms with E-state index in [1.807, 2.05) is 24.3 Å². The van der Waals surface area contributed by atoms with Crippen molar-refractivity contribution < 1.29 is 14.4 Å². The fourth-order valence-corrected chi connectivity index (χ4v) is 1.87. The molecule has 0 N–H and O–H groups in total. The smallest absolute Gasteiger partial charge is 0.271 e. The first-order chi connectivity index (χ1) is 9.60. The van der Waals surface area contributed by atoms with Crippen LogP contribution in [0.3, 0.4) is 0 Å². The highest BCUT2D eigenvalue weighted by Gasteiger charge is 2.10. The van der Waals surface area contributed by atoms with Gasteiger partial charge in [-0.2, -0.15) is 0 Å². The number of non-ortho nitro benzene ring substituents is 1. The molecular weight excluding hydrogens is 282 g/mol. The molecule has 0 saturated heterocycles. The van der Waals surface area contributed by atoms with Crippen LogP contribution < -0.4 is 9.47 Å². The molecule has 0 radical (unpaired) electrons. The monoisotopic (exact) mass is 293 g/mol. The molecule has 0 aliphatic rings. The van der Waals surface area contributed by atoms with E-state index in [1.54, 1.807) is 7.11 Å². The lowest BCUT2D eigenvalue weighted by Gasteiger charge is -2.09. The quantitative estimate of drug-likeness (QED) is 0.621. The Kier molecular flexibility index (Phi) is 4.42. The van der Waals surface area contributed by atoms with Crippen LogP contribution in [-0.4, -0.2) is 12.0 Å². The molecule has 0 fully saturated rings. The number of nitro groups is 1. The molecule has 0 aliphatic heterocycles. The summed E-state index contributed by atoms with van der Waals surface area (Å²) in [6.45, 7) is 0.300. The van der Waals surface area contributed by atoms with Crippen molar-refractivity contribution in [3.05, 3.63) is 63.2 Å². The van der Waals surface area contributed by atoms with Gasteiger partial charge in [0.15, 0.2) is 0 Å². The second kappa shape index (κ2) is 6.25. The van der Waals surface area contributed by atoms with Gasteiger partial charge in [0.25, 0.3) is 5.69 Å². The summed E-state index contributed by atoms with van der Waals surface area (Å²) in [6.07, 6.45) is 0. The molecule has 2 rings (SSSR count). The molecule has 0 amide bonds. The molecular formula is C14H12ClNO4. The van der Waals surface area contributed by atoms with E-state index in [9.17, 15) is 10.1 Å². The van der Waals surface area contributed by atoms with Crippen molar-refractivity contribution in [2.24, 2.45) is 0 Å². The molecule has 0 atom stereocenters. The molecule has 0 unspecified atom stereocenters. The average molecular weight is 294 g/mol. The van der Waals surface area contributed by atoms with E-state index in [-0.39, 0.29) is 10.7 Å². The number of ether oxygens (including phenoxy) is 2. The van der Waals surface area contributed by atoms with Gasteiger partial charge in [0.05, 0.1) is 17.1 Å². The van der Waals surface area contributed by atoms with Crippen LogP contribution in [-0.2, 0) is 6.61 Å². The summed E-state index contributed by atoms with van der Waals surface area (Å²) in [7, 11) is 1.59. The number of halogens is 1. The van der Waals surface area contributed by atoms with Crippen molar-refractivity contribution in [1.29, 1.82) is 0 Å². The van der Waals surface area contributed by atoms with Crippen LogP contribution in [0.15, 0.2) is 42.5 Å². The van der Waals surface area contributed by atoms with Gasteiger partial charge in [0.2, 0.25) is 0 Å². The van der Waals surface area contributed by atoms with Gasteiger partial charge in [-0.15, -0.1) is 0 Å². The van der Waals surface area contributed by atoms with E-state index in [0.29, 0.717) is 12.4 Å². The minimum atomic E-state index is -0.502. The van der Waals surface area contributed by atoms with Crippen LogP contribution in [0, 0.1) is 10.1 Å². The Labute approximate surface area is 120 Å². The van der Waals surface area contributed by atoms with Gasteiger partial charge < -0.3 is 9.47 Å². The average Bonchev–Trinajstić information content (AvgIpc) is 2.46. The minimum absolute atomic E-state index is 0.0660. The Morgan fingerprint density at radius 1 is 1.25 bits per heavy atom. The molecule has 5 nitrogen and oxygen atoms in total. The van der Waals surface area contributed by atoms with Crippen molar-refractivity contribution in [3.8, 4) is 11.5 Å². The lowest BCUT2D eigenvalue weighted by atomic mass is 10.2. The number of benzene rings is 2. The summed E-state index contributed by atoms with van der Waals surface area (Å²) in [6, 6.07) is 11.5. The number of nitro benzene ring substituents is 1. The molecule has 0 heterocycles. The zero-order chi connectivity index (χ0) is 14.5. The largest absolute Gasteiger partial charge is 0.497 e. The first-order valence-electron chi connectivity index (χ1n) is 5.80. The van der Waals surface area contributed by atoms with Crippen LogP contribution in [0.5, 0.6) is 11.5 Å². The number of nitrogens with zero attached hydrogens (tertiary/aromatic N) is 1. The lowest BCUT2D eigenvalue weighted by molar-refractivity contribution is -0.384. The summed E-state index contributed by atoms with van der Waals surface area (Å²) in [5, 5.41) is 10.8. The van der Waals surface area contributed by atoms with Gasteiger partial charge in [-0.05, 0) is 23.8 Å². The zero-order valence-corrected chi connectivity index (χ0v) is 11.5. The van der Waals surface area contributed by atoms with E-state index in [4.69, 9.17) is 21.1 Å². The van der Waals surface area contributed by atoms with Crippen molar-refractivity contribution in [1.82, 2.24) is 0 Å². The molecule has 6 heteroatoms. The maximum absolute atomic E-state index is 10.6. The fraction of sp³-hybridized carbons (Fsp3) is 0.143. The number of methoxy groups -OCH3 is 1. The van der Waals surface area contributed by atoms with Crippen LogP contribution in [0.4, 0.5) is 5.69 Å². The highest BCUT2D eigenvalue weighted by Crippen LogP contribution is 2.29. The Bertz CT molecular complexity index is 630. The van der Waals surface area contributed by atoms with Gasteiger partial charge >= 0.3 is 0 Å². The summed E-state index contributed by atoms with van der Waals surface area (Å²) < 4.78 is 10.7. The summed E-state index contributed by atoms with van der Waals surface area (Å²) in [4.78, 5) is 10.1. The van der Waals surface area contributed by atoms with Crippen LogP contribution in [0.2, 0.25) is 5.02 Å². The first kappa shape index (κ1) is 14.1. The molecule has 104 valence electrons. The van der Waals surface area contributed by atoms with Crippen LogP contribution in [0.1, 0.15) is 5.56 Å². The van der Waals surface area contributed by atoms with Crippen molar-refractivity contribution >= 4 is 17.3 Å². The number of hydrogen-bond acceptors (Lipinski definition) is 4. The van der Waals surface area contributed by atoms with E-state index in [1.165, 1.54) is 18.2 Å². The number of hydrogen-bond donors (Lipinski definition) is 0. The summed E-state index contributed by atoms with van der Waals surface area (Å²) in [5.74, 6) is 1.14.